The van der Waals surface area contributed by atoms with Crippen molar-refractivity contribution in [1.82, 2.24) is 9.88 Å². The third-order valence-electron chi connectivity index (χ3n) is 4.24. The number of ether oxygens (including phenoxy) is 1. The summed E-state index contributed by atoms with van der Waals surface area (Å²) in [7, 11) is 1.48. The number of aliphatic hydroxyl groups is 1. The summed E-state index contributed by atoms with van der Waals surface area (Å²) < 4.78 is 32.6. The number of hydrogen-bond acceptors (Lipinski definition) is 4. The van der Waals surface area contributed by atoms with E-state index in [1.54, 1.807) is 18.2 Å². The zero-order chi connectivity index (χ0) is 18.0. The Balaban J connectivity index is 1.83. The van der Waals surface area contributed by atoms with Crippen molar-refractivity contribution >= 4 is 5.91 Å². The molecule has 0 aliphatic carbocycles. The lowest BCUT2D eigenvalue weighted by atomic mass is 10.0. The molecular weight excluding hydrogens is 330 g/mol. The number of β-amino-alcohol motifs (C(OH)–C–C–N with tert-alkyl or cyclic N) is 1. The van der Waals surface area contributed by atoms with Gasteiger partial charge in [-0.2, -0.15) is 0 Å². The summed E-state index contributed by atoms with van der Waals surface area (Å²) >= 11 is 0. The van der Waals surface area contributed by atoms with E-state index in [2.05, 4.69) is 4.98 Å². The van der Waals surface area contributed by atoms with E-state index >= 15 is 0 Å². The van der Waals surface area contributed by atoms with Crippen LogP contribution in [0, 0.1) is 11.6 Å². The van der Waals surface area contributed by atoms with Crippen molar-refractivity contribution in [1.29, 1.82) is 0 Å². The molecule has 132 valence electrons. The predicted molar refractivity (Wildman–Crippen MR) is 85.9 cm³/mol. The molecule has 1 N–H and O–H groups in total. The highest BCUT2D eigenvalue weighted by Crippen LogP contribution is 2.34. The van der Waals surface area contributed by atoms with Crippen LogP contribution < -0.4 is 4.74 Å². The molecule has 1 saturated heterocycles. The van der Waals surface area contributed by atoms with Crippen LogP contribution in [-0.4, -0.2) is 40.7 Å². The first-order valence-corrected chi connectivity index (χ1v) is 7.90. The highest BCUT2D eigenvalue weighted by molar-refractivity contribution is 5.79. The maximum atomic E-state index is 14.1. The van der Waals surface area contributed by atoms with Gasteiger partial charge in [-0.3, -0.25) is 4.79 Å². The monoisotopic (exact) mass is 348 g/mol. The topological polar surface area (TPSA) is 62.7 Å². The third kappa shape index (κ3) is 3.76. The zero-order valence-electron chi connectivity index (χ0n) is 13.7. The number of hydrogen-bond donors (Lipinski definition) is 1. The number of rotatable bonds is 4. The SMILES string of the molecule is COc1cccc(CC(=O)N2C[C@@H](O)C[C@H]2c2cc(F)ccc2F)n1. The van der Waals surface area contributed by atoms with E-state index in [0.29, 0.717) is 11.6 Å². The summed E-state index contributed by atoms with van der Waals surface area (Å²) in [5.74, 6) is -1.11. The molecule has 25 heavy (non-hydrogen) atoms. The van der Waals surface area contributed by atoms with Crippen LogP contribution in [0.1, 0.15) is 23.7 Å². The molecule has 0 saturated carbocycles. The molecule has 0 bridgehead atoms. The lowest BCUT2D eigenvalue weighted by Crippen LogP contribution is -2.33. The Bertz CT molecular complexity index is 785. The molecule has 2 aromatic rings. The molecule has 1 fully saturated rings. The molecule has 0 unspecified atom stereocenters. The second-order valence-corrected chi connectivity index (χ2v) is 5.97. The van der Waals surface area contributed by atoms with Gasteiger partial charge in [-0.05, 0) is 30.7 Å². The van der Waals surface area contributed by atoms with Gasteiger partial charge < -0.3 is 14.7 Å². The van der Waals surface area contributed by atoms with Crippen molar-refractivity contribution in [3.8, 4) is 5.88 Å². The van der Waals surface area contributed by atoms with Crippen molar-refractivity contribution in [2.45, 2.75) is 25.0 Å². The molecule has 7 heteroatoms. The fourth-order valence-corrected chi connectivity index (χ4v) is 3.08. The second kappa shape index (κ2) is 7.14. The number of amides is 1. The number of pyridine rings is 1. The molecular formula is C18H18F2N2O3. The number of aliphatic hydroxyl groups excluding tert-OH is 1. The summed E-state index contributed by atoms with van der Waals surface area (Å²) in [5.41, 5.74) is 0.577. The Morgan fingerprint density at radius 3 is 2.92 bits per heavy atom. The number of nitrogens with zero attached hydrogens (tertiary/aromatic N) is 2. The van der Waals surface area contributed by atoms with Gasteiger partial charge in [0.15, 0.2) is 0 Å². The number of likely N-dealkylation sites (tertiary alicyclic amines) is 1. The summed E-state index contributed by atoms with van der Waals surface area (Å²) in [6, 6.07) is 7.49. The minimum Gasteiger partial charge on any atom is -0.481 e. The van der Waals surface area contributed by atoms with Crippen molar-refractivity contribution in [3.63, 3.8) is 0 Å². The average molecular weight is 348 g/mol. The number of benzene rings is 1. The van der Waals surface area contributed by atoms with E-state index in [4.69, 9.17) is 4.74 Å². The minimum absolute atomic E-state index is 0.0165. The van der Waals surface area contributed by atoms with Gasteiger partial charge in [0.2, 0.25) is 11.8 Å². The standard InChI is InChI=1S/C18H18F2N2O3/c1-25-17-4-2-3-12(21-17)8-18(24)22-10-13(23)9-16(22)14-7-11(19)5-6-15(14)20/h2-7,13,16,23H,8-10H2,1H3/t13-,16-/m0/s1. The number of carbonyl (C=O) groups is 1. The first-order chi connectivity index (χ1) is 12.0. The number of aromatic nitrogens is 1. The van der Waals surface area contributed by atoms with E-state index in [-0.39, 0.29) is 30.9 Å². The van der Waals surface area contributed by atoms with Crippen molar-refractivity contribution in [3.05, 3.63) is 59.3 Å². The summed E-state index contributed by atoms with van der Waals surface area (Å²) in [6.45, 7) is 0.0728. The van der Waals surface area contributed by atoms with Crippen molar-refractivity contribution < 1.29 is 23.4 Å². The van der Waals surface area contributed by atoms with Gasteiger partial charge in [-0.1, -0.05) is 6.07 Å². The van der Waals surface area contributed by atoms with Gasteiger partial charge in [-0.25, -0.2) is 13.8 Å². The van der Waals surface area contributed by atoms with Crippen LogP contribution in [0.2, 0.25) is 0 Å². The van der Waals surface area contributed by atoms with Gasteiger partial charge in [0, 0.05) is 18.2 Å². The quantitative estimate of drug-likeness (QED) is 0.921. The van der Waals surface area contributed by atoms with Gasteiger partial charge in [0.05, 0.1) is 31.4 Å². The highest BCUT2D eigenvalue weighted by Gasteiger charge is 2.36. The lowest BCUT2D eigenvalue weighted by Gasteiger charge is -2.25. The van der Waals surface area contributed by atoms with Crippen LogP contribution in [-0.2, 0) is 11.2 Å². The number of methoxy groups -OCH3 is 1. The maximum Gasteiger partial charge on any atom is 0.229 e. The van der Waals surface area contributed by atoms with E-state index in [1.807, 2.05) is 0 Å². The van der Waals surface area contributed by atoms with E-state index in [0.717, 1.165) is 18.2 Å². The van der Waals surface area contributed by atoms with E-state index in [9.17, 15) is 18.7 Å². The summed E-state index contributed by atoms with van der Waals surface area (Å²) in [4.78, 5) is 18.2. The maximum absolute atomic E-state index is 14.1. The van der Waals surface area contributed by atoms with Crippen LogP contribution in [0.3, 0.4) is 0 Å². The molecule has 0 spiro atoms. The minimum atomic E-state index is -0.783. The number of carbonyl (C=O) groups excluding carboxylic acids is 1. The molecule has 0 radical (unpaired) electrons. The van der Waals surface area contributed by atoms with Gasteiger partial charge >= 0.3 is 0 Å². The van der Waals surface area contributed by atoms with Crippen molar-refractivity contribution in [2.24, 2.45) is 0 Å². The predicted octanol–water partition coefficient (Wildman–Crippen LogP) is 2.25. The van der Waals surface area contributed by atoms with Crippen LogP contribution in [0.25, 0.3) is 0 Å². The van der Waals surface area contributed by atoms with Crippen LogP contribution in [0.5, 0.6) is 5.88 Å². The van der Waals surface area contributed by atoms with Crippen LogP contribution in [0.4, 0.5) is 8.78 Å². The Morgan fingerprint density at radius 2 is 2.16 bits per heavy atom. The fourth-order valence-electron chi connectivity index (χ4n) is 3.08. The lowest BCUT2D eigenvalue weighted by molar-refractivity contribution is -0.131. The fraction of sp³-hybridized carbons (Fsp3) is 0.333. The zero-order valence-corrected chi connectivity index (χ0v) is 13.7. The molecule has 1 aliphatic heterocycles. The average Bonchev–Trinajstić information content (AvgIpc) is 2.99. The van der Waals surface area contributed by atoms with Crippen LogP contribution in [0.15, 0.2) is 36.4 Å². The molecule has 3 rings (SSSR count). The molecule has 1 aromatic carbocycles. The summed E-state index contributed by atoms with van der Waals surface area (Å²) in [6.07, 6.45) is -0.635. The molecule has 1 amide bonds. The molecule has 1 aliphatic rings. The smallest absolute Gasteiger partial charge is 0.229 e. The first kappa shape index (κ1) is 17.3. The normalized spacial score (nSPS) is 19.9. The molecule has 2 heterocycles. The molecule has 5 nitrogen and oxygen atoms in total. The largest absolute Gasteiger partial charge is 0.481 e. The van der Waals surface area contributed by atoms with Gasteiger partial charge in [0.1, 0.15) is 11.6 Å². The Kier molecular flexibility index (Phi) is 4.94. The first-order valence-electron chi connectivity index (χ1n) is 7.90. The number of halogens is 2. The Morgan fingerprint density at radius 1 is 1.36 bits per heavy atom. The van der Waals surface area contributed by atoms with Crippen LogP contribution >= 0.6 is 0 Å². The Labute approximate surface area is 143 Å². The summed E-state index contributed by atoms with van der Waals surface area (Å²) in [5, 5.41) is 9.94. The second-order valence-electron chi connectivity index (χ2n) is 5.97. The Hall–Kier alpha value is -2.54. The van der Waals surface area contributed by atoms with E-state index in [1.165, 1.54) is 12.0 Å². The highest BCUT2D eigenvalue weighted by atomic mass is 19.1. The van der Waals surface area contributed by atoms with E-state index < -0.39 is 23.8 Å². The molecule has 1 aromatic heterocycles. The van der Waals surface area contributed by atoms with Crippen molar-refractivity contribution in [2.75, 3.05) is 13.7 Å². The third-order valence-corrected chi connectivity index (χ3v) is 4.24. The van der Waals surface area contributed by atoms with Gasteiger partial charge in [-0.15, -0.1) is 0 Å². The van der Waals surface area contributed by atoms with Gasteiger partial charge in [0.25, 0.3) is 0 Å². The molecule has 2 atom stereocenters.